The Kier molecular flexibility index (Phi) is 7.29. The summed E-state index contributed by atoms with van der Waals surface area (Å²) >= 11 is 0. The highest BCUT2D eigenvalue weighted by atomic mass is 16.2. The Morgan fingerprint density at radius 2 is 1.76 bits per heavy atom. The molecule has 5 nitrogen and oxygen atoms in total. The van der Waals surface area contributed by atoms with Crippen LogP contribution in [0.15, 0.2) is 30.3 Å². The van der Waals surface area contributed by atoms with E-state index in [4.69, 9.17) is 0 Å². The highest BCUT2D eigenvalue weighted by Gasteiger charge is 2.28. The van der Waals surface area contributed by atoms with Gasteiger partial charge < -0.3 is 15.5 Å². The van der Waals surface area contributed by atoms with E-state index < -0.39 is 0 Å². The fourth-order valence-corrected chi connectivity index (χ4v) is 3.26. The molecule has 0 aromatic heterocycles. The van der Waals surface area contributed by atoms with Crippen molar-refractivity contribution in [3.63, 3.8) is 0 Å². The van der Waals surface area contributed by atoms with Gasteiger partial charge in [0.1, 0.15) is 0 Å². The molecule has 5 heteroatoms. The van der Waals surface area contributed by atoms with Crippen LogP contribution in [-0.4, -0.2) is 42.0 Å². The minimum atomic E-state index is -0.102. The number of piperidine rings is 1. The lowest BCUT2D eigenvalue weighted by Gasteiger charge is -2.34. The number of carbonyl (C=O) groups is 2. The first-order chi connectivity index (χ1) is 12.0. The summed E-state index contributed by atoms with van der Waals surface area (Å²) in [6, 6.07) is 10.2. The van der Waals surface area contributed by atoms with Crippen LogP contribution in [0.2, 0.25) is 0 Å². The SMILES string of the molecule is CC[C@H](C(=O)N1CCC(NC(=O)N[C@@H](C)CC)CC1)c1ccccc1. The second-order valence-corrected chi connectivity index (χ2v) is 6.90. The molecule has 0 unspecified atom stereocenters. The van der Waals surface area contributed by atoms with Crippen LogP contribution in [0.5, 0.6) is 0 Å². The number of amides is 3. The van der Waals surface area contributed by atoms with E-state index in [1.807, 2.05) is 49.1 Å². The predicted molar refractivity (Wildman–Crippen MR) is 100 cm³/mol. The quantitative estimate of drug-likeness (QED) is 0.831. The number of likely N-dealkylation sites (tertiary alicyclic amines) is 1. The van der Waals surface area contributed by atoms with E-state index in [-0.39, 0.29) is 29.9 Å². The smallest absolute Gasteiger partial charge is 0.315 e. The summed E-state index contributed by atoms with van der Waals surface area (Å²) in [7, 11) is 0. The zero-order valence-electron chi connectivity index (χ0n) is 15.6. The molecule has 25 heavy (non-hydrogen) atoms. The van der Waals surface area contributed by atoms with Gasteiger partial charge in [-0.1, -0.05) is 44.2 Å². The van der Waals surface area contributed by atoms with Gasteiger partial charge in [-0.2, -0.15) is 0 Å². The molecule has 0 bridgehead atoms. The van der Waals surface area contributed by atoms with Crippen molar-refractivity contribution < 1.29 is 9.59 Å². The number of urea groups is 1. The zero-order valence-corrected chi connectivity index (χ0v) is 15.6. The van der Waals surface area contributed by atoms with E-state index in [0.29, 0.717) is 13.1 Å². The third-order valence-electron chi connectivity index (χ3n) is 5.04. The Labute approximate surface area is 151 Å². The average molecular weight is 345 g/mol. The van der Waals surface area contributed by atoms with E-state index in [1.54, 1.807) is 0 Å². The van der Waals surface area contributed by atoms with Crippen molar-refractivity contribution in [3.8, 4) is 0 Å². The third kappa shape index (κ3) is 5.48. The van der Waals surface area contributed by atoms with Crippen LogP contribution in [-0.2, 0) is 4.79 Å². The van der Waals surface area contributed by atoms with Gasteiger partial charge in [0.2, 0.25) is 5.91 Å². The van der Waals surface area contributed by atoms with Crippen LogP contribution in [0, 0.1) is 0 Å². The number of hydrogen-bond acceptors (Lipinski definition) is 2. The maximum Gasteiger partial charge on any atom is 0.315 e. The maximum atomic E-state index is 12.9. The number of nitrogens with one attached hydrogen (secondary N) is 2. The van der Waals surface area contributed by atoms with Crippen molar-refractivity contribution in [2.75, 3.05) is 13.1 Å². The lowest BCUT2D eigenvalue weighted by molar-refractivity contribution is -0.134. The van der Waals surface area contributed by atoms with Crippen molar-refractivity contribution in [2.24, 2.45) is 0 Å². The second kappa shape index (κ2) is 9.44. The van der Waals surface area contributed by atoms with Gasteiger partial charge in [-0.15, -0.1) is 0 Å². The van der Waals surface area contributed by atoms with Gasteiger partial charge in [-0.05, 0) is 38.2 Å². The predicted octanol–water partition coefficient (Wildman–Crippen LogP) is 3.27. The first-order valence-electron chi connectivity index (χ1n) is 9.45. The molecule has 1 aliphatic heterocycles. The van der Waals surface area contributed by atoms with Gasteiger partial charge in [0, 0.05) is 25.2 Å². The van der Waals surface area contributed by atoms with Gasteiger partial charge in [0.25, 0.3) is 0 Å². The van der Waals surface area contributed by atoms with E-state index in [9.17, 15) is 9.59 Å². The van der Waals surface area contributed by atoms with Crippen LogP contribution in [0.25, 0.3) is 0 Å². The van der Waals surface area contributed by atoms with Gasteiger partial charge in [0.05, 0.1) is 5.92 Å². The fourth-order valence-electron chi connectivity index (χ4n) is 3.26. The van der Waals surface area contributed by atoms with Gasteiger partial charge in [-0.25, -0.2) is 4.79 Å². The molecule has 2 rings (SSSR count). The first kappa shape index (κ1) is 19.3. The van der Waals surface area contributed by atoms with Crippen molar-refractivity contribution in [1.29, 1.82) is 0 Å². The van der Waals surface area contributed by atoms with E-state index in [2.05, 4.69) is 17.6 Å². The molecule has 0 radical (unpaired) electrons. The first-order valence-corrected chi connectivity index (χ1v) is 9.45. The average Bonchev–Trinajstić information content (AvgIpc) is 2.63. The Balaban J connectivity index is 1.84. The summed E-state index contributed by atoms with van der Waals surface area (Å²) in [6.45, 7) is 7.51. The molecule has 2 N–H and O–H groups in total. The number of rotatable bonds is 6. The fraction of sp³-hybridized carbons (Fsp3) is 0.600. The summed E-state index contributed by atoms with van der Waals surface area (Å²) in [5, 5.41) is 5.96. The van der Waals surface area contributed by atoms with Crippen molar-refractivity contribution in [1.82, 2.24) is 15.5 Å². The third-order valence-corrected chi connectivity index (χ3v) is 5.04. The van der Waals surface area contributed by atoms with Crippen LogP contribution in [0.3, 0.4) is 0 Å². The Morgan fingerprint density at radius 3 is 2.32 bits per heavy atom. The van der Waals surface area contributed by atoms with Crippen LogP contribution in [0.4, 0.5) is 4.79 Å². The van der Waals surface area contributed by atoms with Gasteiger partial charge in [0.15, 0.2) is 0 Å². The minimum Gasteiger partial charge on any atom is -0.342 e. The zero-order chi connectivity index (χ0) is 18.2. The lowest BCUT2D eigenvalue weighted by atomic mass is 9.93. The van der Waals surface area contributed by atoms with Gasteiger partial charge >= 0.3 is 6.03 Å². The molecule has 1 heterocycles. The van der Waals surface area contributed by atoms with Crippen LogP contribution in [0.1, 0.15) is 57.9 Å². The molecule has 0 saturated carbocycles. The molecule has 1 aromatic carbocycles. The summed E-state index contributed by atoms with van der Waals surface area (Å²) in [4.78, 5) is 26.8. The number of hydrogen-bond donors (Lipinski definition) is 2. The monoisotopic (exact) mass is 345 g/mol. The molecule has 1 saturated heterocycles. The highest BCUT2D eigenvalue weighted by molar-refractivity contribution is 5.83. The topological polar surface area (TPSA) is 61.4 Å². The summed E-state index contributed by atoms with van der Waals surface area (Å²) in [5.74, 6) is 0.135. The summed E-state index contributed by atoms with van der Waals surface area (Å²) < 4.78 is 0. The van der Waals surface area contributed by atoms with E-state index >= 15 is 0 Å². The van der Waals surface area contributed by atoms with Crippen molar-refractivity contribution in [2.45, 2.75) is 64.5 Å². The molecule has 1 aromatic rings. The lowest BCUT2D eigenvalue weighted by Crippen LogP contribution is -2.51. The minimum absolute atomic E-state index is 0.0700. The molecule has 2 atom stereocenters. The molecule has 138 valence electrons. The number of carbonyl (C=O) groups excluding carboxylic acids is 2. The molecular formula is C20H31N3O2. The van der Waals surface area contributed by atoms with Crippen molar-refractivity contribution in [3.05, 3.63) is 35.9 Å². The molecule has 0 spiro atoms. The normalized spacial score (nSPS) is 17.6. The van der Waals surface area contributed by atoms with E-state index in [0.717, 1.165) is 31.2 Å². The summed E-state index contributed by atoms with van der Waals surface area (Å²) in [6.07, 6.45) is 3.34. The number of nitrogens with zero attached hydrogens (tertiary/aromatic N) is 1. The maximum absolute atomic E-state index is 12.9. The van der Waals surface area contributed by atoms with Crippen molar-refractivity contribution >= 4 is 11.9 Å². The molecule has 1 aliphatic rings. The molecule has 1 fully saturated rings. The standard InChI is InChI=1S/C20H31N3O2/c1-4-15(3)21-20(25)22-17-11-13-23(14-12-17)19(24)18(5-2)16-9-7-6-8-10-16/h6-10,15,17-18H,4-5,11-14H2,1-3H3,(H2,21,22,25)/t15-,18-/m0/s1. The number of benzene rings is 1. The Hall–Kier alpha value is -2.04. The van der Waals surface area contributed by atoms with E-state index in [1.165, 1.54) is 0 Å². The van der Waals surface area contributed by atoms with Crippen LogP contribution < -0.4 is 10.6 Å². The highest BCUT2D eigenvalue weighted by Crippen LogP contribution is 2.24. The Morgan fingerprint density at radius 1 is 1.12 bits per heavy atom. The second-order valence-electron chi connectivity index (χ2n) is 6.90. The summed E-state index contributed by atoms with van der Waals surface area (Å²) in [5.41, 5.74) is 1.09. The molecule has 0 aliphatic carbocycles. The molecule has 3 amide bonds. The van der Waals surface area contributed by atoms with Gasteiger partial charge in [-0.3, -0.25) is 4.79 Å². The largest absolute Gasteiger partial charge is 0.342 e. The Bertz CT molecular complexity index is 553. The molecular weight excluding hydrogens is 314 g/mol. The van der Waals surface area contributed by atoms with Crippen LogP contribution >= 0.6 is 0 Å².